The maximum absolute atomic E-state index is 13.8. The van der Waals surface area contributed by atoms with Crippen LogP contribution in [0.25, 0.3) is 54.9 Å². The summed E-state index contributed by atoms with van der Waals surface area (Å²) in [6.45, 7) is 1.88. The lowest BCUT2D eigenvalue weighted by molar-refractivity contribution is 0.591. The van der Waals surface area contributed by atoms with Crippen molar-refractivity contribution in [2.75, 3.05) is 6.66 Å². The normalized spacial score (nSPS) is 15.9. The van der Waals surface area contributed by atoms with Crippen molar-refractivity contribution in [1.82, 2.24) is 0 Å². The summed E-state index contributed by atoms with van der Waals surface area (Å²) in [5.41, 5.74) is 7.24. The molecule has 1 aliphatic heterocycles. The summed E-state index contributed by atoms with van der Waals surface area (Å²) in [6, 6.07) is 41.7. The molecular weight excluding hydrogens is 469 g/mol. The first kappa shape index (κ1) is 21.8. The number of nitriles is 1. The zero-order chi connectivity index (χ0) is 25.1. The second-order valence-electron chi connectivity index (χ2n) is 9.71. The number of hydrogen-bond acceptors (Lipinski definition) is 2. The molecule has 0 radical (unpaired) electrons. The van der Waals surface area contributed by atoms with Crippen LogP contribution >= 0.6 is 7.14 Å². The highest BCUT2D eigenvalue weighted by atomic mass is 31.2. The zero-order valence-corrected chi connectivity index (χ0v) is 21.2. The monoisotopic (exact) mass is 491 g/mol. The molecule has 0 N–H and O–H groups in total. The summed E-state index contributed by atoms with van der Waals surface area (Å²) in [5.74, 6) is 0. The van der Waals surface area contributed by atoms with Crippen molar-refractivity contribution in [1.29, 1.82) is 5.26 Å². The molecule has 0 saturated heterocycles. The van der Waals surface area contributed by atoms with Crippen LogP contribution in [-0.4, -0.2) is 6.66 Å². The maximum atomic E-state index is 13.8. The van der Waals surface area contributed by atoms with E-state index in [4.69, 9.17) is 0 Å². The maximum Gasteiger partial charge on any atom is 0.141 e. The van der Waals surface area contributed by atoms with Crippen molar-refractivity contribution in [2.45, 2.75) is 0 Å². The highest BCUT2D eigenvalue weighted by Gasteiger charge is 2.34. The van der Waals surface area contributed by atoms with Gasteiger partial charge < -0.3 is 4.57 Å². The van der Waals surface area contributed by atoms with Crippen molar-refractivity contribution >= 4 is 39.3 Å². The minimum absolute atomic E-state index is 0.649. The summed E-state index contributed by atoms with van der Waals surface area (Å²) in [5, 5.41) is 16.0. The van der Waals surface area contributed by atoms with Crippen LogP contribution in [0.2, 0.25) is 0 Å². The molecular formula is C34H22NOP. The van der Waals surface area contributed by atoms with E-state index in [2.05, 4.69) is 84.9 Å². The predicted molar refractivity (Wildman–Crippen MR) is 155 cm³/mol. The first-order valence-corrected chi connectivity index (χ1v) is 14.5. The Labute approximate surface area is 215 Å². The fourth-order valence-corrected chi connectivity index (χ4v) is 8.27. The molecule has 0 amide bonds. The second-order valence-corrected chi connectivity index (χ2v) is 12.5. The van der Waals surface area contributed by atoms with Gasteiger partial charge in [-0.15, -0.1) is 0 Å². The lowest BCUT2D eigenvalue weighted by Crippen LogP contribution is -2.07. The van der Waals surface area contributed by atoms with Gasteiger partial charge in [-0.1, -0.05) is 91.0 Å². The molecule has 0 bridgehead atoms. The smallest absolute Gasteiger partial charge is 0.141 e. The average molecular weight is 492 g/mol. The Morgan fingerprint density at radius 3 is 1.73 bits per heavy atom. The molecule has 3 heteroatoms. The Morgan fingerprint density at radius 2 is 1.11 bits per heavy atom. The number of fused-ring (bicyclic) bond motifs is 5. The van der Waals surface area contributed by atoms with Crippen molar-refractivity contribution < 1.29 is 4.57 Å². The van der Waals surface area contributed by atoms with Gasteiger partial charge in [0.1, 0.15) is 7.14 Å². The molecule has 1 heterocycles. The standard InChI is InChI=1S/C34H22NOP/c1-37(36)31-16-7-6-11-25(31)30-20-24(17-18-32(30)37)34-28-14-4-2-12-26(28)33(27-13-3-5-15-29(27)34)23-10-8-9-22(19-23)21-35/h2-20H,1H3. The van der Waals surface area contributed by atoms with Gasteiger partial charge in [0.2, 0.25) is 0 Å². The van der Waals surface area contributed by atoms with Crippen molar-refractivity contribution in [3.8, 4) is 39.4 Å². The Bertz CT molecular complexity index is 1940. The molecule has 1 atom stereocenters. The fourth-order valence-electron chi connectivity index (χ4n) is 5.98. The van der Waals surface area contributed by atoms with Gasteiger partial charge in [-0.05, 0) is 85.9 Å². The van der Waals surface area contributed by atoms with Crippen LogP contribution in [0.1, 0.15) is 5.56 Å². The number of benzene rings is 6. The van der Waals surface area contributed by atoms with Gasteiger partial charge in [0.25, 0.3) is 0 Å². The van der Waals surface area contributed by atoms with Crippen LogP contribution in [-0.2, 0) is 4.57 Å². The third-order valence-corrected chi connectivity index (χ3v) is 10.2. The quantitative estimate of drug-likeness (QED) is 0.181. The molecule has 174 valence electrons. The number of hydrogen-bond donors (Lipinski definition) is 0. The van der Waals surface area contributed by atoms with E-state index in [1.54, 1.807) is 0 Å². The van der Waals surface area contributed by atoms with E-state index in [-0.39, 0.29) is 0 Å². The second kappa shape index (κ2) is 8.04. The molecule has 7 rings (SSSR count). The summed E-state index contributed by atoms with van der Waals surface area (Å²) in [6.07, 6.45) is 0. The van der Waals surface area contributed by atoms with Gasteiger partial charge in [-0.25, -0.2) is 0 Å². The largest absolute Gasteiger partial charge is 0.314 e. The minimum atomic E-state index is -2.61. The van der Waals surface area contributed by atoms with E-state index < -0.39 is 7.14 Å². The van der Waals surface area contributed by atoms with Crippen LogP contribution < -0.4 is 10.6 Å². The molecule has 0 fully saturated rings. The van der Waals surface area contributed by atoms with Crippen molar-refractivity contribution in [2.24, 2.45) is 0 Å². The molecule has 0 saturated carbocycles. The summed E-state index contributed by atoms with van der Waals surface area (Å²) >= 11 is 0. The minimum Gasteiger partial charge on any atom is -0.314 e. The van der Waals surface area contributed by atoms with Gasteiger partial charge in [-0.3, -0.25) is 0 Å². The third kappa shape index (κ3) is 3.15. The number of rotatable bonds is 2. The first-order chi connectivity index (χ1) is 18.1. The highest BCUT2D eigenvalue weighted by Crippen LogP contribution is 2.51. The highest BCUT2D eigenvalue weighted by molar-refractivity contribution is 7.79. The Kier molecular flexibility index (Phi) is 4.74. The summed E-state index contributed by atoms with van der Waals surface area (Å²) in [4.78, 5) is 0. The fraction of sp³-hybridized carbons (Fsp3) is 0.0294. The SMILES string of the molecule is CP1(=O)c2ccccc2-c2cc(-c3c4ccccc4c(-c4cccc(C#N)c4)c4ccccc34)ccc21. The zero-order valence-electron chi connectivity index (χ0n) is 20.3. The van der Waals surface area contributed by atoms with E-state index >= 15 is 0 Å². The Balaban J connectivity index is 1.58. The molecule has 0 spiro atoms. The molecule has 0 aliphatic carbocycles. The molecule has 0 aromatic heterocycles. The van der Waals surface area contributed by atoms with Gasteiger partial charge in [0.05, 0.1) is 11.6 Å². The van der Waals surface area contributed by atoms with E-state index in [0.29, 0.717) is 5.56 Å². The lowest BCUT2D eigenvalue weighted by Gasteiger charge is -2.18. The number of nitrogens with zero attached hydrogens (tertiary/aromatic N) is 1. The van der Waals surface area contributed by atoms with E-state index in [1.807, 2.05) is 43.1 Å². The Hall–Kier alpha value is -4.44. The van der Waals surface area contributed by atoms with Crippen LogP contribution in [0.3, 0.4) is 0 Å². The van der Waals surface area contributed by atoms with E-state index in [0.717, 1.165) is 60.0 Å². The van der Waals surface area contributed by atoms with Crippen molar-refractivity contribution in [3.05, 3.63) is 121 Å². The van der Waals surface area contributed by atoms with Gasteiger partial charge in [0.15, 0.2) is 0 Å². The average Bonchev–Trinajstić information content (AvgIpc) is 3.17. The van der Waals surface area contributed by atoms with E-state index in [9.17, 15) is 9.83 Å². The summed E-state index contributed by atoms with van der Waals surface area (Å²) in [7, 11) is -2.61. The topological polar surface area (TPSA) is 40.9 Å². The van der Waals surface area contributed by atoms with Gasteiger partial charge in [0, 0.05) is 10.6 Å². The Morgan fingerprint density at radius 1 is 0.568 bits per heavy atom. The van der Waals surface area contributed by atoms with Crippen LogP contribution in [0.4, 0.5) is 0 Å². The lowest BCUT2D eigenvalue weighted by atomic mass is 9.85. The van der Waals surface area contributed by atoms with Crippen molar-refractivity contribution in [3.63, 3.8) is 0 Å². The molecule has 37 heavy (non-hydrogen) atoms. The third-order valence-electron chi connectivity index (χ3n) is 7.61. The van der Waals surface area contributed by atoms with Crippen LogP contribution in [0.15, 0.2) is 115 Å². The predicted octanol–water partition coefficient (Wildman–Crippen LogP) is 8.12. The molecule has 1 aliphatic rings. The molecule has 6 aromatic carbocycles. The summed E-state index contributed by atoms with van der Waals surface area (Å²) < 4.78 is 13.8. The van der Waals surface area contributed by atoms with Crippen LogP contribution in [0, 0.1) is 11.3 Å². The van der Waals surface area contributed by atoms with Gasteiger partial charge in [-0.2, -0.15) is 5.26 Å². The van der Waals surface area contributed by atoms with E-state index in [1.165, 1.54) is 5.56 Å². The van der Waals surface area contributed by atoms with Gasteiger partial charge >= 0.3 is 0 Å². The molecule has 6 aromatic rings. The first-order valence-electron chi connectivity index (χ1n) is 12.3. The van der Waals surface area contributed by atoms with Crippen LogP contribution in [0.5, 0.6) is 0 Å². The molecule has 1 unspecified atom stereocenters. The molecule has 2 nitrogen and oxygen atoms in total.